The van der Waals surface area contributed by atoms with E-state index in [2.05, 4.69) is 0 Å². The summed E-state index contributed by atoms with van der Waals surface area (Å²) < 4.78 is 15.9. The minimum atomic E-state index is -1.51. The van der Waals surface area contributed by atoms with E-state index in [1.807, 2.05) is 0 Å². The summed E-state index contributed by atoms with van der Waals surface area (Å²) in [7, 11) is 3.11. The molecule has 24 heavy (non-hydrogen) atoms. The van der Waals surface area contributed by atoms with Crippen LogP contribution in [-0.4, -0.2) is 25.3 Å². The van der Waals surface area contributed by atoms with E-state index in [9.17, 15) is 9.90 Å². The summed E-state index contributed by atoms with van der Waals surface area (Å²) in [6.45, 7) is 0. The third kappa shape index (κ3) is 2.86. The molecule has 3 rings (SSSR count). The molecule has 0 unspecified atom stereocenters. The van der Waals surface area contributed by atoms with E-state index in [1.54, 1.807) is 62.8 Å². The standard InChI is InChI=1S/C19H18O5/c1-22-15-7-3-5-13(11-15)18-19(21,10-9-17(20)24-18)14-6-4-8-16(12-14)23-2/h3-12,18,21H,1-2H3/t18-,19+/m1/s1. The van der Waals surface area contributed by atoms with Crippen LogP contribution in [0.25, 0.3) is 0 Å². The third-order valence-electron chi connectivity index (χ3n) is 4.04. The monoisotopic (exact) mass is 326 g/mol. The molecule has 0 radical (unpaired) electrons. The van der Waals surface area contributed by atoms with E-state index in [0.717, 1.165) is 0 Å². The molecule has 0 aliphatic carbocycles. The fraction of sp³-hybridized carbons (Fsp3) is 0.211. The number of carbonyl (C=O) groups excluding carboxylic acids is 1. The van der Waals surface area contributed by atoms with Crippen molar-refractivity contribution in [2.24, 2.45) is 0 Å². The zero-order chi connectivity index (χ0) is 17.2. The zero-order valence-corrected chi connectivity index (χ0v) is 13.4. The summed E-state index contributed by atoms with van der Waals surface area (Å²) in [6.07, 6.45) is 1.80. The molecule has 5 nitrogen and oxygen atoms in total. The first-order valence-corrected chi connectivity index (χ1v) is 7.47. The molecule has 124 valence electrons. The molecule has 2 atom stereocenters. The van der Waals surface area contributed by atoms with E-state index in [-0.39, 0.29) is 0 Å². The number of benzene rings is 2. The van der Waals surface area contributed by atoms with Gasteiger partial charge in [-0.3, -0.25) is 0 Å². The molecule has 5 heteroatoms. The fourth-order valence-corrected chi connectivity index (χ4v) is 2.77. The Balaban J connectivity index is 2.10. The van der Waals surface area contributed by atoms with Crippen LogP contribution in [0.1, 0.15) is 17.2 Å². The molecule has 1 aliphatic rings. The quantitative estimate of drug-likeness (QED) is 0.875. The Hall–Kier alpha value is -2.79. The summed E-state index contributed by atoms with van der Waals surface area (Å²) in [4.78, 5) is 11.8. The van der Waals surface area contributed by atoms with Gasteiger partial charge in [0, 0.05) is 6.08 Å². The number of esters is 1. The second-order valence-corrected chi connectivity index (χ2v) is 5.48. The van der Waals surface area contributed by atoms with Crippen LogP contribution < -0.4 is 9.47 Å². The van der Waals surface area contributed by atoms with E-state index in [1.165, 1.54) is 12.2 Å². The third-order valence-corrected chi connectivity index (χ3v) is 4.04. The van der Waals surface area contributed by atoms with Gasteiger partial charge in [-0.2, -0.15) is 0 Å². The normalized spacial score (nSPS) is 22.8. The summed E-state index contributed by atoms with van der Waals surface area (Å²) in [5, 5.41) is 11.3. The van der Waals surface area contributed by atoms with Crippen molar-refractivity contribution in [1.82, 2.24) is 0 Å². The Bertz CT molecular complexity index is 783. The molecule has 0 saturated carbocycles. The Kier molecular flexibility index (Phi) is 4.27. The summed E-state index contributed by atoms with van der Waals surface area (Å²) >= 11 is 0. The molecule has 0 bridgehead atoms. The van der Waals surface area contributed by atoms with Crippen LogP contribution in [0.2, 0.25) is 0 Å². The topological polar surface area (TPSA) is 65.0 Å². The molecular formula is C19H18O5. The Labute approximate surface area is 140 Å². The Morgan fingerprint density at radius 3 is 2.42 bits per heavy atom. The molecule has 0 spiro atoms. The number of aliphatic hydroxyl groups is 1. The van der Waals surface area contributed by atoms with Crippen LogP contribution in [0.5, 0.6) is 11.5 Å². The zero-order valence-electron chi connectivity index (χ0n) is 13.4. The largest absolute Gasteiger partial charge is 0.497 e. The number of rotatable bonds is 4. The van der Waals surface area contributed by atoms with Crippen molar-refractivity contribution in [3.05, 3.63) is 71.8 Å². The number of cyclic esters (lactones) is 1. The van der Waals surface area contributed by atoms with E-state index in [4.69, 9.17) is 14.2 Å². The lowest BCUT2D eigenvalue weighted by Crippen LogP contribution is -2.37. The highest BCUT2D eigenvalue weighted by molar-refractivity contribution is 5.83. The van der Waals surface area contributed by atoms with Crippen molar-refractivity contribution in [2.45, 2.75) is 11.7 Å². The van der Waals surface area contributed by atoms with Gasteiger partial charge in [0.15, 0.2) is 6.10 Å². The molecule has 0 saturated heterocycles. The highest BCUT2D eigenvalue weighted by Gasteiger charge is 2.43. The first-order chi connectivity index (χ1) is 11.6. The maximum Gasteiger partial charge on any atom is 0.331 e. The van der Waals surface area contributed by atoms with Gasteiger partial charge in [-0.1, -0.05) is 24.3 Å². The second kappa shape index (κ2) is 6.37. The van der Waals surface area contributed by atoms with Gasteiger partial charge in [0.2, 0.25) is 0 Å². The minimum absolute atomic E-state index is 0.504. The minimum Gasteiger partial charge on any atom is -0.497 e. The van der Waals surface area contributed by atoms with E-state index < -0.39 is 17.7 Å². The van der Waals surface area contributed by atoms with Crippen LogP contribution in [0, 0.1) is 0 Å². The van der Waals surface area contributed by atoms with Crippen molar-refractivity contribution in [1.29, 1.82) is 0 Å². The van der Waals surface area contributed by atoms with Gasteiger partial charge in [-0.15, -0.1) is 0 Å². The van der Waals surface area contributed by atoms with Gasteiger partial charge in [-0.25, -0.2) is 4.79 Å². The van der Waals surface area contributed by atoms with Crippen molar-refractivity contribution >= 4 is 5.97 Å². The number of carbonyl (C=O) groups is 1. The molecule has 0 aromatic heterocycles. The number of methoxy groups -OCH3 is 2. The lowest BCUT2D eigenvalue weighted by molar-refractivity contribution is -0.160. The number of hydrogen-bond donors (Lipinski definition) is 1. The summed E-state index contributed by atoms with van der Waals surface area (Å²) in [5.74, 6) is 0.720. The van der Waals surface area contributed by atoms with Gasteiger partial charge in [0.05, 0.1) is 14.2 Å². The summed E-state index contributed by atoms with van der Waals surface area (Å²) in [5.41, 5.74) is -0.301. The highest BCUT2D eigenvalue weighted by atomic mass is 16.6. The van der Waals surface area contributed by atoms with E-state index in [0.29, 0.717) is 22.6 Å². The molecule has 2 aromatic rings. The van der Waals surface area contributed by atoms with Crippen molar-refractivity contribution in [2.75, 3.05) is 14.2 Å². The molecule has 1 N–H and O–H groups in total. The van der Waals surface area contributed by atoms with Gasteiger partial charge in [0.1, 0.15) is 17.1 Å². The van der Waals surface area contributed by atoms with Crippen LogP contribution in [-0.2, 0) is 15.1 Å². The maximum absolute atomic E-state index is 11.8. The van der Waals surface area contributed by atoms with Crippen LogP contribution in [0.15, 0.2) is 60.7 Å². The second-order valence-electron chi connectivity index (χ2n) is 5.48. The van der Waals surface area contributed by atoms with Crippen molar-refractivity contribution < 1.29 is 24.1 Å². The Morgan fingerprint density at radius 2 is 1.71 bits per heavy atom. The van der Waals surface area contributed by atoms with Gasteiger partial charge in [-0.05, 0) is 41.5 Å². The molecule has 0 amide bonds. The number of ether oxygens (including phenoxy) is 3. The van der Waals surface area contributed by atoms with Crippen LogP contribution >= 0.6 is 0 Å². The van der Waals surface area contributed by atoms with E-state index >= 15 is 0 Å². The summed E-state index contributed by atoms with van der Waals surface area (Å²) in [6, 6.07) is 14.1. The smallest absolute Gasteiger partial charge is 0.331 e. The number of hydrogen-bond acceptors (Lipinski definition) is 5. The highest BCUT2D eigenvalue weighted by Crippen LogP contribution is 2.43. The maximum atomic E-state index is 11.8. The lowest BCUT2D eigenvalue weighted by atomic mass is 9.82. The van der Waals surface area contributed by atoms with Crippen molar-refractivity contribution in [3.8, 4) is 11.5 Å². The molecule has 1 aliphatic heterocycles. The average Bonchev–Trinajstić information content (AvgIpc) is 2.64. The van der Waals surface area contributed by atoms with Gasteiger partial charge < -0.3 is 19.3 Å². The SMILES string of the molecule is COc1cccc([C@H]2OC(=O)C=C[C@]2(O)c2cccc(OC)c2)c1. The molecule has 1 heterocycles. The lowest BCUT2D eigenvalue weighted by Gasteiger charge is -2.36. The van der Waals surface area contributed by atoms with Crippen molar-refractivity contribution in [3.63, 3.8) is 0 Å². The predicted octanol–water partition coefficient (Wildman–Crippen LogP) is 2.75. The Morgan fingerprint density at radius 1 is 1.04 bits per heavy atom. The van der Waals surface area contributed by atoms with Crippen LogP contribution in [0.3, 0.4) is 0 Å². The fourth-order valence-electron chi connectivity index (χ4n) is 2.77. The first-order valence-electron chi connectivity index (χ1n) is 7.47. The molecular weight excluding hydrogens is 308 g/mol. The molecule has 0 fully saturated rings. The van der Waals surface area contributed by atoms with Gasteiger partial charge >= 0.3 is 5.97 Å². The van der Waals surface area contributed by atoms with Crippen LogP contribution in [0.4, 0.5) is 0 Å². The van der Waals surface area contributed by atoms with Gasteiger partial charge in [0.25, 0.3) is 0 Å². The first kappa shape index (κ1) is 16.1. The molecule has 2 aromatic carbocycles. The predicted molar refractivity (Wildman–Crippen MR) is 87.9 cm³/mol. The average molecular weight is 326 g/mol.